The molecule has 0 fully saturated rings. The second-order valence-electron chi connectivity index (χ2n) is 5.52. The number of primary amides is 1. The lowest BCUT2D eigenvalue weighted by molar-refractivity contribution is -0.111. The third-order valence-electron chi connectivity index (χ3n) is 3.49. The Hall–Kier alpha value is -3.56. The van der Waals surface area contributed by atoms with Gasteiger partial charge in [0.05, 0.1) is 17.9 Å². The van der Waals surface area contributed by atoms with E-state index < -0.39 is 41.3 Å². The van der Waals surface area contributed by atoms with E-state index in [1.165, 1.54) is 24.3 Å². The van der Waals surface area contributed by atoms with Gasteiger partial charge in [-0.2, -0.15) is 8.78 Å². The first-order valence-corrected chi connectivity index (χ1v) is 8.20. The van der Waals surface area contributed by atoms with Gasteiger partial charge in [0.15, 0.2) is 11.5 Å². The Balaban J connectivity index is 2.18. The van der Waals surface area contributed by atoms with Crippen molar-refractivity contribution in [2.24, 2.45) is 5.73 Å². The standard InChI is InChI=1S/C19H16F4N2O4/c1-2-28-16-7-10(3-5-15(16)29-19(22)23)4-6-17(26)25-14-8-11(18(24)27)12(20)9-13(14)21/h3-9,19H,2H2,1H3,(H2,24,27)(H,25,26)/b6-4+. The number of carbonyl (C=O) groups excluding carboxylic acids is 2. The van der Waals surface area contributed by atoms with E-state index in [-0.39, 0.29) is 18.1 Å². The molecule has 0 bridgehead atoms. The van der Waals surface area contributed by atoms with Crippen LogP contribution in [0.25, 0.3) is 6.08 Å². The van der Waals surface area contributed by atoms with E-state index in [2.05, 4.69) is 10.1 Å². The average molecular weight is 412 g/mol. The predicted molar refractivity (Wildman–Crippen MR) is 96.8 cm³/mol. The van der Waals surface area contributed by atoms with Crippen LogP contribution in [0.15, 0.2) is 36.4 Å². The minimum Gasteiger partial charge on any atom is -0.490 e. The third kappa shape index (κ3) is 5.96. The highest BCUT2D eigenvalue weighted by Gasteiger charge is 2.15. The van der Waals surface area contributed by atoms with Crippen molar-refractivity contribution in [3.8, 4) is 11.5 Å². The molecule has 10 heteroatoms. The van der Waals surface area contributed by atoms with Crippen LogP contribution in [0.4, 0.5) is 23.2 Å². The van der Waals surface area contributed by atoms with Gasteiger partial charge < -0.3 is 20.5 Å². The first-order valence-electron chi connectivity index (χ1n) is 8.20. The van der Waals surface area contributed by atoms with E-state index in [9.17, 15) is 27.2 Å². The van der Waals surface area contributed by atoms with Gasteiger partial charge in [-0.05, 0) is 36.8 Å². The normalized spacial score (nSPS) is 11.0. The maximum absolute atomic E-state index is 13.8. The van der Waals surface area contributed by atoms with E-state index in [0.717, 1.165) is 12.1 Å². The van der Waals surface area contributed by atoms with Crippen molar-refractivity contribution in [1.82, 2.24) is 0 Å². The van der Waals surface area contributed by atoms with Gasteiger partial charge in [0.1, 0.15) is 11.6 Å². The molecule has 0 heterocycles. The molecule has 3 N–H and O–H groups in total. The molecule has 154 valence electrons. The molecule has 0 radical (unpaired) electrons. The van der Waals surface area contributed by atoms with Gasteiger partial charge in [-0.25, -0.2) is 8.78 Å². The molecule has 0 aliphatic heterocycles. The largest absolute Gasteiger partial charge is 0.490 e. The van der Waals surface area contributed by atoms with Gasteiger partial charge in [0, 0.05) is 12.1 Å². The molecule has 0 atom stereocenters. The molecule has 29 heavy (non-hydrogen) atoms. The maximum Gasteiger partial charge on any atom is 0.387 e. The minimum atomic E-state index is -3.03. The zero-order valence-corrected chi connectivity index (χ0v) is 15.0. The summed E-state index contributed by atoms with van der Waals surface area (Å²) in [7, 11) is 0. The number of amides is 2. The Labute approximate surface area is 162 Å². The van der Waals surface area contributed by atoms with Gasteiger partial charge >= 0.3 is 6.61 Å². The summed E-state index contributed by atoms with van der Waals surface area (Å²) in [5.74, 6) is -4.29. The zero-order chi connectivity index (χ0) is 21.6. The highest BCUT2D eigenvalue weighted by atomic mass is 19.3. The summed E-state index contributed by atoms with van der Waals surface area (Å²) in [6, 6.07) is 5.22. The number of hydrogen-bond acceptors (Lipinski definition) is 4. The van der Waals surface area contributed by atoms with Crippen molar-refractivity contribution < 1.29 is 36.6 Å². The summed E-state index contributed by atoms with van der Waals surface area (Å²) in [5.41, 5.74) is 4.37. The van der Waals surface area contributed by atoms with Crippen LogP contribution in [0.3, 0.4) is 0 Å². The summed E-state index contributed by atoms with van der Waals surface area (Å²) in [6.45, 7) is -1.18. The van der Waals surface area contributed by atoms with Gasteiger partial charge in [-0.1, -0.05) is 6.07 Å². The number of hydrogen-bond donors (Lipinski definition) is 2. The van der Waals surface area contributed by atoms with Crippen molar-refractivity contribution in [2.75, 3.05) is 11.9 Å². The molecule has 2 aromatic carbocycles. The summed E-state index contributed by atoms with van der Waals surface area (Å²) >= 11 is 0. The van der Waals surface area contributed by atoms with Gasteiger partial charge in [-0.15, -0.1) is 0 Å². The highest BCUT2D eigenvalue weighted by Crippen LogP contribution is 2.30. The van der Waals surface area contributed by atoms with Gasteiger partial charge in [0.2, 0.25) is 5.91 Å². The number of ether oxygens (including phenoxy) is 2. The van der Waals surface area contributed by atoms with Crippen LogP contribution in [0.1, 0.15) is 22.8 Å². The molecule has 0 aliphatic rings. The predicted octanol–water partition coefficient (Wildman–Crippen LogP) is 3.72. The lowest BCUT2D eigenvalue weighted by atomic mass is 10.1. The van der Waals surface area contributed by atoms with Gasteiger partial charge in [0.25, 0.3) is 5.91 Å². The molecule has 2 amide bonds. The Bertz CT molecular complexity index is 948. The maximum atomic E-state index is 13.8. The molecular weight excluding hydrogens is 396 g/mol. The van der Waals surface area contributed by atoms with Crippen LogP contribution in [0.2, 0.25) is 0 Å². The van der Waals surface area contributed by atoms with Crippen LogP contribution < -0.4 is 20.5 Å². The molecular formula is C19H16F4N2O4. The molecule has 0 aromatic heterocycles. The number of carbonyl (C=O) groups is 2. The molecule has 0 aliphatic carbocycles. The summed E-state index contributed by atoms with van der Waals surface area (Å²) in [6.07, 6.45) is 2.33. The van der Waals surface area contributed by atoms with Crippen LogP contribution >= 0.6 is 0 Å². The number of nitrogens with one attached hydrogen (secondary N) is 1. The van der Waals surface area contributed by atoms with Crippen molar-refractivity contribution in [2.45, 2.75) is 13.5 Å². The molecule has 0 unspecified atom stereocenters. The van der Waals surface area contributed by atoms with Crippen LogP contribution in [0.5, 0.6) is 11.5 Å². The first kappa shape index (κ1) is 21.7. The molecule has 0 saturated carbocycles. The molecule has 2 rings (SSSR count). The number of anilines is 1. The Morgan fingerprint density at radius 1 is 1.14 bits per heavy atom. The van der Waals surface area contributed by atoms with Crippen molar-refractivity contribution in [3.63, 3.8) is 0 Å². The van der Waals surface area contributed by atoms with E-state index >= 15 is 0 Å². The van der Waals surface area contributed by atoms with Crippen LogP contribution in [0, 0.1) is 11.6 Å². The van der Waals surface area contributed by atoms with E-state index in [1.54, 1.807) is 6.92 Å². The molecule has 0 saturated heterocycles. The Morgan fingerprint density at radius 3 is 2.48 bits per heavy atom. The summed E-state index contributed by atoms with van der Waals surface area (Å²) in [4.78, 5) is 23.1. The number of alkyl halides is 2. The number of halogens is 4. The quantitative estimate of drug-likeness (QED) is 0.511. The van der Waals surface area contributed by atoms with Crippen LogP contribution in [-0.4, -0.2) is 25.0 Å². The second-order valence-corrected chi connectivity index (χ2v) is 5.52. The fourth-order valence-electron chi connectivity index (χ4n) is 2.27. The van der Waals surface area contributed by atoms with E-state index in [0.29, 0.717) is 11.6 Å². The number of benzene rings is 2. The monoisotopic (exact) mass is 412 g/mol. The SMILES string of the molecule is CCOc1cc(/C=C/C(=O)Nc2cc(C(N)=O)c(F)cc2F)ccc1OC(F)F. The lowest BCUT2D eigenvalue weighted by Crippen LogP contribution is -2.16. The first-order chi connectivity index (χ1) is 13.7. The van der Waals surface area contributed by atoms with Crippen molar-refractivity contribution in [1.29, 1.82) is 0 Å². The third-order valence-corrected chi connectivity index (χ3v) is 3.49. The van der Waals surface area contributed by atoms with Crippen molar-refractivity contribution >= 4 is 23.6 Å². The average Bonchev–Trinajstić information content (AvgIpc) is 2.63. The van der Waals surface area contributed by atoms with E-state index in [4.69, 9.17) is 10.5 Å². The number of rotatable bonds is 8. The fourth-order valence-corrected chi connectivity index (χ4v) is 2.27. The zero-order valence-electron chi connectivity index (χ0n) is 15.0. The molecule has 6 nitrogen and oxygen atoms in total. The van der Waals surface area contributed by atoms with E-state index in [1.807, 2.05) is 0 Å². The Kier molecular flexibility index (Phi) is 7.18. The number of nitrogens with two attached hydrogens (primary N) is 1. The topological polar surface area (TPSA) is 90.6 Å². The second kappa shape index (κ2) is 9.58. The van der Waals surface area contributed by atoms with Crippen LogP contribution in [-0.2, 0) is 4.79 Å². The molecule has 2 aromatic rings. The summed E-state index contributed by atoms with van der Waals surface area (Å²) < 4.78 is 61.6. The molecule has 0 spiro atoms. The smallest absolute Gasteiger partial charge is 0.387 e. The minimum absolute atomic E-state index is 0.0473. The fraction of sp³-hybridized carbons (Fsp3) is 0.158. The van der Waals surface area contributed by atoms with Gasteiger partial charge in [-0.3, -0.25) is 9.59 Å². The Morgan fingerprint density at radius 2 is 1.86 bits per heavy atom. The lowest BCUT2D eigenvalue weighted by Gasteiger charge is -2.11. The highest BCUT2D eigenvalue weighted by molar-refractivity contribution is 6.03. The van der Waals surface area contributed by atoms with Crippen molar-refractivity contribution in [3.05, 3.63) is 59.2 Å². The summed E-state index contributed by atoms with van der Waals surface area (Å²) in [5, 5.41) is 2.15.